The van der Waals surface area contributed by atoms with Gasteiger partial charge in [-0.15, -0.1) is 0 Å². The fourth-order valence-corrected chi connectivity index (χ4v) is 10.9. The van der Waals surface area contributed by atoms with E-state index in [4.69, 9.17) is 4.42 Å². The first-order valence-electron chi connectivity index (χ1n) is 21.2. The maximum absolute atomic E-state index is 6.19. The highest BCUT2D eigenvalue weighted by Crippen LogP contribution is 2.60. The Balaban J connectivity index is 1.08. The van der Waals surface area contributed by atoms with E-state index in [0.717, 1.165) is 46.2 Å². The van der Waals surface area contributed by atoms with Crippen molar-refractivity contribution < 1.29 is 4.42 Å². The van der Waals surface area contributed by atoms with E-state index in [1.807, 2.05) is 12.1 Å². The Kier molecular flexibility index (Phi) is 7.65. The molecular weight excluding hydrogens is 727 g/mol. The van der Waals surface area contributed by atoms with Crippen LogP contribution in [0.5, 0.6) is 0 Å². The monoisotopic (exact) mass is 769 g/mol. The van der Waals surface area contributed by atoms with E-state index in [9.17, 15) is 0 Å². The molecule has 3 aliphatic rings. The van der Waals surface area contributed by atoms with Crippen molar-refractivity contribution in [2.75, 3.05) is 4.90 Å². The minimum Gasteiger partial charge on any atom is -0.456 e. The first kappa shape index (κ1) is 34.8. The lowest BCUT2D eigenvalue weighted by atomic mass is 9.68. The summed E-state index contributed by atoms with van der Waals surface area (Å²) in [4.78, 5) is 2.52. The van der Waals surface area contributed by atoms with Gasteiger partial charge >= 0.3 is 0 Å². The van der Waals surface area contributed by atoms with Crippen LogP contribution in [0.25, 0.3) is 49.8 Å². The van der Waals surface area contributed by atoms with Crippen LogP contribution in [0, 0.1) is 0 Å². The van der Waals surface area contributed by atoms with E-state index in [2.05, 4.69) is 207 Å². The van der Waals surface area contributed by atoms with Gasteiger partial charge in [0.15, 0.2) is 0 Å². The standard InChI is InChI=1S/C58H43NO/c1-57(2)49-23-12-9-20-44(49)45-34-33-43(37-52(45)57)59(42-31-28-38(29-32-42)39-30-35-55-48(36-39)46-21-11-14-27-54(46)60-55)53-26-15-25-51-56(53)47-22-10-13-24-50(47)58(51,40-16-5-3-6-17-40)41-18-7-4-8-19-41/h3-11,13-22,24-37H,12,23H2,1-2H3. The molecule has 2 nitrogen and oxygen atoms in total. The number of hydrogen-bond donors (Lipinski definition) is 0. The number of hydrogen-bond acceptors (Lipinski definition) is 2. The van der Waals surface area contributed by atoms with Crippen molar-refractivity contribution in [2.24, 2.45) is 0 Å². The van der Waals surface area contributed by atoms with Gasteiger partial charge in [-0.25, -0.2) is 0 Å². The zero-order valence-electron chi connectivity index (χ0n) is 33.8. The van der Waals surface area contributed by atoms with Crippen LogP contribution < -0.4 is 4.90 Å². The number of nitrogens with zero attached hydrogens (tertiary/aromatic N) is 1. The van der Waals surface area contributed by atoms with Crippen molar-refractivity contribution in [1.29, 1.82) is 0 Å². The lowest BCUT2D eigenvalue weighted by Gasteiger charge is -2.34. The number of rotatable bonds is 6. The van der Waals surface area contributed by atoms with Crippen LogP contribution in [-0.2, 0) is 10.8 Å². The minimum absolute atomic E-state index is 0.0577. The molecule has 1 heterocycles. The molecule has 0 bridgehead atoms. The van der Waals surface area contributed by atoms with Crippen LogP contribution in [0.4, 0.5) is 17.1 Å². The van der Waals surface area contributed by atoms with Gasteiger partial charge in [0.2, 0.25) is 0 Å². The average molecular weight is 770 g/mol. The molecule has 0 spiro atoms. The van der Waals surface area contributed by atoms with Gasteiger partial charge in [0.1, 0.15) is 11.2 Å². The topological polar surface area (TPSA) is 16.4 Å². The number of allylic oxidation sites excluding steroid dienone is 4. The van der Waals surface area contributed by atoms with E-state index >= 15 is 0 Å². The molecule has 9 aromatic rings. The van der Waals surface area contributed by atoms with Crippen molar-refractivity contribution >= 4 is 44.6 Å². The molecule has 60 heavy (non-hydrogen) atoms. The summed E-state index contributed by atoms with van der Waals surface area (Å²) >= 11 is 0. The summed E-state index contributed by atoms with van der Waals surface area (Å²) < 4.78 is 6.19. The summed E-state index contributed by atoms with van der Waals surface area (Å²) in [6.07, 6.45) is 6.92. The molecule has 0 unspecified atom stereocenters. The Morgan fingerprint density at radius 2 is 1.17 bits per heavy atom. The average Bonchev–Trinajstić information content (AvgIpc) is 3.91. The second kappa shape index (κ2) is 13.2. The fourth-order valence-electron chi connectivity index (χ4n) is 10.9. The van der Waals surface area contributed by atoms with Crippen molar-refractivity contribution in [2.45, 2.75) is 37.5 Å². The number of para-hydroxylation sites is 1. The smallest absolute Gasteiger partial charge is 0.135 e. The van der Waals surface area contributed by atoms with Crippen molar-refractivity contribution in [3.8, 4) is 22.3 Å². The quantitative estimate of drug-likeness (QED) is 0.167. The van der Waals surface area contributed by atoms with E-state index < -0.39 is 5.41 Å². The summed E-state index contributed by atoms with van der Waals surface area (Å²) in [7, 11) is 0. The van der Waals surface area contributed by atoms with Crippen LogP contribution in [0.15, 0.2) is 210 Å². The third-order valence-electron chi connectivity index (χ3n) is 13.7. The van der Waals surface area contributed by atoms with Crippen LogP contribution in [-0.4, -0.2) is 0 Å². The summed E-state index contributed by atoms with van der Waals surface area (Å²) in [5, 5.41) is 2.28. The predicted molar refractivity (Wildman–Crippen MR) is 249 cm³/mol. The van der Waals surface area contributed by atoms with E-state index in [0.29, 0.717) is 0 Å². The molecule has 0 saturated heterocycles. The lowest BCUT2D eigenvalue weighted by molar-refractivity contribution is 0.607. The molecule has 2 heteroatoms. The SMILES string of the molecule is CC1(C)C2=C(C=CCC2)c2ccc(N(c3ccc(-c4ccc5oc6ccccc6c5c4)cc3)c3cccc4c3-c3ccccc3C4(c3ccccc3)c3ccccc3)cc21. The van der Waals surface area contributed by atoms with E-state index in [1.165, 1.54) is 66.9 Å². The van der Waals surface area contributed by atoms with Crippen LogP contribution in [0.2, 0.25) is 0 Å². The Bertz CT molecular complexity index is 3180. The number of furan rings is 1. The summed E-state index contributed by atoms with van der Waals surface area (Å²) in [5.74, 6) is 0. The lowest BCUT2D eigenvalue weighted by Crippen LogP contribution is -2.28. The van der Waals surface area contributed by atoms with Crippen LogP contribution in [0.3, 0.4) is 0 Å². The molecule has 12 rings (SSSR count). The summed E-state index contributed by atoms with van der Waals surface area (Å²) in [6.45, 7) is 4.83. The third kappa shape index (κ3) is 4.94. The molecule has 286 valence electrons. The summed E-state index contributed by atoms with van der Waals surface area (Å²) in [5.41, 5.74) is 20.4. The Labute approximate surface area is 351 Å². The maximum atomic E-state index is 6.19. The van der Waals surface area contributed by atoms with Gasteiger partial charge in [-0.05, 0) is 117 Å². The molecule has 1 aromatic heterocycles. The molecular formula is C58H43NO. The normalized spacial score (nSPS) is 15.5. The molecule has 0 fully saturated rings. The van der Waals surface area contributed by atoms with Gasteiger partial charge in [-0.1, -0.05) is 171 Å². The van der Waals surface area contributed by atoms with Crippen molar-refractivity contribution in [3.63, 3.8) is 0 Å². The minimum atomic E-state index is -0.495. The first-order valence-corrected chi connectivity index (χ1v) is 21.2. The van der Waals surface area contributed by atoms with E-state index in [1.54, 1.807) is 5.57 Å². The van der Waals surface area contributed by atoms with Gasteiger partial charge in [-0.3, -0.25) is 0 Å². The molecule has 0 atom stereocenters. The van der Waals surface area contributed by atoms with Gasteiger partial charge in [0, 0.05) is 33.1 Å². The molecule has 8 aromatic carbocycles. The van der Waals surface area contributed by atoms with Crippen LogP contribution in [0.1, 0.15) is 60.1 Å². The molecule has 0 amide bonds. The molecule has 0 aliphatic heterocycles. The Hall–Kier alpha value is -7.16. The van der Waals surface area contributed by atoms with Crippen LogP contribution >= 0.6 is 0 Å². The second-order valence-electron chi connectivity index (χ2n) is 17.1. The maximum Gasteiger partial charge on any atom is 0.135 e. The molecule has 3 aliphatic carbocycles. The van der Waals surface area contributed by atoms with Gasteiger partial charge in [0.25, 0.3) is 0 Å². The van der Waals surface area contributed by atoms with Gasteiger partial charge in [-0.2, -0.15) is 0 Å². The number of benzene rings is 8. The number of anilines is 3. The number of fused-ring (bicyclic) bond motifs is 8. The highest BCUT2D eigenvalue weighted by molar-refractivity contribution is 6.06. The third-order valence-corrected chi connectivity index (χ3v) is 13.7. The van der Waals surface area contributed by atoms with Crippen molar-refractivity contribution in [3.05, 3.63) is 239 Å². The predicted octanol–water partition coefficient (Wildman–Crippen LogP) is 15.5. The highest BCUT2D eigenvalue weighted by atomic mass is 16.3. The molecule has 0 radical (unpaired) electrons. The zero-order chi connectivity index (χ0) is 40.0. The Morgan fingerprint density at radius 3 is 1.97 bits per heavy atom. The first-order chi connectivity index (χ1) is 29.5. The van der Waals surface area contributed by atoms with Gasteiger partial charge in [0.05, 0.1) is 11.1 Å². The largest absolute Gasteiger partial charge is 0.456 e. The van der Waals surface area contributed by atoms with Gasteiger partial charge < -0.3 is 9.32 Å². The second-order valence-corrected chi connectivity index (χ2v) is 17.1. The molecule has 0 saturated carbocycles. The summed E-state index contributed by atoms with van der Waals surface area (Å²) in [6, 6.07) is 69.5. The Morgan fingerprint density at radius 1 is 0.500 bits per heavy atom. The molecule has 0 N–H and O–H groups in total. The van der Waals surface area contributed by atoms with E-state index in [-0.39, 0.29) is 5.41 Å². The fraction of sp³-hybridized carbons (Fsp3) is 0.103. The zero-order valence-corrected chi connectivity index (χ0v) is 33.8. The highest BCUT2D eigenvalue weighted by Gasteiger charge is 2.47. The van der Waals surface area contributed by atoms with Crippen molar-refractivity contribution in [1.82, 2.24) is 0 Å².